The van der Waals surface area contributed by atoms with Crippen LogP contribution in [0.5, 0.6) is 11.5 Å². The van der Waals surface area contributed by atoms with E-state index in [1.807, 2.05) is 6.07 Å². The first-order valence-electron chi connectivity index (χ1n) is 10.3. The summed E-state index contributed by atoms with van der Waals surface area (Å²) in [6, 6.07) is 11.1. The molecular formula is C23H25BrN4O5S. The number of rotatable bonds is 9. The molecule has 34 heavy (non-hydrogen) atoms. The molecule has 1 aromatic heterocycles. The maximum Gasteiger partial charge on any atom is 0.263 e. The topological polar surface area (TPSA) is 120 Å². The predicted octanol–water partition coefficient (Wildman–Crippen LogP) is 4.25. The SMILES string of the molecule is COc1cc(Br)c(CCC(=O)Nc2ccc(S(=O)(=O)Nc3cc(C)nc(C)n3)cc2)cc1OC. The van der Waals surface area contributed by atoms with Crippen LogP contribution in [0.2, 0.25) is 0 Å². The predicted molar refractivity (Wildman–Crippen MR) is 133 cm³/mol. The van der Waals surface area contributed by atoms with Gasteiger partial charge >= 0.3 is 0 Å². The molecule has 1 heterocycles. The molecule has 0 atom stereocenters. The number of carbonyl (C=O) groups is 1. The van der Waals surface area contributed by atoms with E-state index in [1.54, 1.807) is 40.2 Å². The zero-order valence-corrected chi connectivity index (χ0v) is 21.6. The number of benzene rings is 2. The van der Waals surface area contributed by atoms with E-state index in [0.717, 1.165) is 10.0 Å². The zero-order chi connectivity index (χ0) is 24.9. The first-order valence-corrected chi connectivity index (χ1v) is 12.5. The van der Waals surface area contributed by atoms with Gasteiger partial charge in [-0.3, -0.25) is 9.52 Å². The third-order valence-electron chi connectivity index (χ3n) is 4.83. The van der Waals surface area contributed by atoms with E-state index in [1.165, 1.54) is 24.3 Å². The Morgan fingerprint density at radius 1 is 1.00 bits per heavy atom. The van der Waals surface area contributed by atoms with Crippen molar-refractivity contribution >= 4 is 43.4 Å². The summed E-state index contributed by atoms with van der Waals surface area (Å²) in [6.45, 7) is 3.44. The standard InChI is InChI=1S/C23H25BrN4O5S/c1-14-11-22(26-15(2)25-14)28-34(30,31)18-8-6-17(7-9-18)27-23(29)10-5-16-12-20(32-3)21(33-4)13-19(16)24/h6-9,11-13H,5,10H2,1-4H3,(H,27,29)(H,25,26,28). The number of ether oxygens (including phenoxy) is 2. The van der Waals surface area contributed by atoms with Crippen LogP contribution in [-0.4, -0.2) is 38.5 Å². The second-order valence-corrected chi connectivity index (χ2v) is 9.96. The van der Waals surface area contributed by atoms with Gasteiger partial charge in [0, 0.05) is 28.3 Å². The van der Waals surface area contributed by atoms with Gasteiger partial charge in [0.1, 0.15) is 11.6 Å². The number of nitrogens with one attached hydrogen (secondary N) is 2. The van der Waals surface area contributed by atoms with Gasteiger partial charge in [-0.05, 0) is 62.2 Å². The molecule has 1 amide bonds. The van der Waals surface area contributed by atoms with Crippen LogP contribution in [0.4, 0.5) is 11.5 Å². The lowest BCUT2D eigenvalue weighted by atomic mass is 10.1. The minimum atomic E-state index is -3.84. The molecule has 0 spiro atoms. The number of anilines is 2. The highest BCUT2D eigenvalue weighted by molar-refractivity contribution is 9.10. The van der Waals surface area contributed by atoms with Gasteiger partial charge in [-0.1, -0.05) is 15.9 Å². The molecule has 180 valence electrons. The van der Waals surface area contributed by atoms with Crippen molar-refractivity contribution in [1.82, 2.24) is 9.97 Å². The van der Waals surface area contributed by atoms with E-state index in [2.05, 4.69) is 35.9 Å². The van der Waals surface area contributed by atoms with Gasteiger partial charge < -0.3 is 14.8 Å². The van der Waals surface area contributed by atoms with Crippen molar-refractivity contribution in [3.63, 3.8) is 0 Å². The summed E-state index contributed by atoms with van der Waals surface area (Å²) < 4.78 is 39.2. The number of carbonyl (C=O) groups excluding carboxylic acids is 1. The largest absolute Gasteiger partial charge is 0.493 e. The van der Waals surface area contributed by atoms with Gasteiger partial charge in [0.15, 0.2) is 11.5 Å². The summed E-state index contributed by atoms with van der Waals surface area (Å²) in [5.41, 5.74) is 2.04. The third kappa shape index (κ3) is 6.45. The lowest BCUT2D eigenvalue weighted by Crippen LogP contribution is -2.15. The second kappa shape index (κ2) is 10.8. The molecule has 9 nitrogen and oxygen atoms in total. The van der Waals surface area contributed by atoms with Crippen LogP contribution in [0, 0.1) is 13.8 Å². The van der Waals surface area contributed by atoms with Gasteiger partial charge in [-0.2, -0.15) is 0 Å². The lowest BCUT2D eigenvalue weighted by molar-refractivity contribution is -0.116. The fourth-order valence-electron chi connectivity index (χ4n) is 3.24. The number of halogens is 1. The number of sulfonamides is 1. The molecular weight excluding hydrogens is 524 g/mol. The Labute approximate surface area is 207 Å². The summed E-state index contributed by atoms with van der Waals surface area (Å²) in [4.78, 5) is 20.7. The first kappa shape index (κ1) is 25.4. The molecule has 2 N–H and O–H groups in total. The van der Waals surface area contributed by atoms with Crippen molar-refractivity contribution in [3.05, 3.63) is 64.0 Å². The minimum Gasteiger partial charge on any atom is -0.493 e. The first-order chi connectivity index (χ1) is 16.1. The molecule has 3 rings (SSSR count). The molecule has 11 heteroatoms. The summed E-state index contributed by atoms with van der Waals surface area (Å²) in [5, 5.41) is 2.78. The van der Waals surface area contributed by atoms with Crippen LogP contribution >= 0.6 is 15.9 Å². The average Bonchev–Trinajstić information content (AvgIpc) is 2.77. The van der Waals surface area contributed by atoms with Gasteiger partial charge in [0.25, 0.3) is 10.0 Å². The fourth-order valence-corrected chi connectivity index (χ4v) is 4.76. The van der Waals surface area contributed by atoms with Crippen molar-refractivity contribution in [2.45, 2.75) is 31.6 Å². The van der Waals surface area contributed by atoms with E-state index < -0.39 is 10.0 Å². The summed E-state index contributed by atoms with van der Waals surface area (Å²) in [5.74, 6) is 1.64. The Kier molecular flexibility index (Phi) is 8.11. The maximum atomic E-state index is 12.7. The van der Waals surface area contributed by atoms with Crippen molar-refractivity contribution < 1.29 is 22.7 Å². The van der Waals surface area contributed by atoms with Gasteiger partial charge in [-0.25, -0.2) is 18.4 Å². The van der Waals surface area contributed by atoms with E-state index in [0.29, 0.717) is 35.1 Å². The Morgan fingerprint density at radius 3 is 2.26 bits per heavy atom. The van der Waals surface area contributed by atoms with Crippen LogP contribution in [0.3, 0.4) is 0 Å². The summed E-state index contributed by atoms with van der Waals surface area (Å²) in [7, 11) is -0.726. The molecule has 0 aliphatic rings. The van der Waals surface area contributed by atoms with Crippen LogP contribution in [0.25, 0.3) is 0 Å². The Balaban J connectivity index is 1.62. The third-order valence-corrected chi connectivity index (χ3v) is 6.94. The van der Waals surface area contributed by atoms with Crippen molar-refractivity contribution in [2.75, 3.05) is 24.3 Å². The molecule has 0 saturated heterocycles. The van der Waals surface area contributed by atoms with Gasteiger partial charge in [-0.15, -0.1) is 0 Å². The molecule has 3 aromatic rings. The minimum absolute atomic E-state index is 0.0497. The highest BCUT2D eigenvalue weighted by Crippen LogP contribution is 2.33. The Morgan fingerprint density at radius 2 is 1.65 bits per heavy atom. The maximum absolute atomic E-state index is 12.7. The molecule has 0 unspecified atom stereocenters. The molecule has 0 saturated carbocycles. The van der Waals surface area contributed by atoms with Crippen LogP contribution < -0.4 is 19.5 Å². The van der Waals surface area contributed by atoms with Gasteiger partial charge in [0.2, 0.25) is 5.91 Å². The molecule has 0 radical (unpaired) electrons. The average molecular weight is 549 g/mol. The molecule has 0 bridgehead atoms. The van der Waals surface area contributed by atoms with Crippen molar-refractivity contribution in [2.24, 2.45) is 0 Å². The summed E-state index contributed by atoms with van der Waals surface area (Å²) >= 11 is 3.49. The van der Waals surface area contributed by atoms with Crippen LogP contribution in [0.15, 0.2) is 51.8 Å². The monoisotopic (exact) mass is 548 g/mol. The van der Waals surface area contributed by atoms with Crippen LogP contribution in [-0.2, 0) is 21.2 Å². The molecule has 2 aromatic carbocycles. The van der Waals surface area contributed by atoms with Crippen LogP contribution in [0.1, 0.15) is 23.5 Å². The fraction of sp³-hybridized carbons (Fsp3) is 0.261. The number of amides is 1. The quantitative estimate of drug-likeness (QED) is 0.410. The van der Waals surface area contributed by atoms with Crippen molar-refractivity contribution in [3.8, 4) is 11.5 Å². The smallest absolute Gasteiger partial charge is 0.263 e. The molecule has 0 aliphatic carbocycles. The van der Waals surface area contributed by atoms with Gasteiger partial charge in [0.05, 0.1) is 19.1 Å². The van der Waals surface area contributed by atoms with E-state index in [4.69, 9.17) is 9.47 Å². The van der Waals surface area contributed by atoms with E-state index >= 15 is 0 Å². The second-order valence-electron chi connectivity index (χ2n) is 7.42. The number of aryl methyl sites for hydroxylation is 3. The normalized spacial score (nSPS) is 11.1. The highest BCUT2D eigenvalue weighted by Gasteiger charge is 2.16. The number of methoxy groups -OCH3 is 2. The highest BCUT2D eigenvalue weighted by atomic mass is 79.9. The number of hydrogen-bond acceptors (Lipinski definition) is 7. The number of nitrogens with zero attached hydrogens (tertiary/aromatic N) is 2. The summed E-state index contributed by atoms with van der Waals surface area (Å²) in [6.07, 6.45) is 0.697. The zero-order valence-electron chi connectivity index (χ0n) is 19.2. The van der Waals surface area contributed by atoms with Crippen molar-refractivity contribution in [1.29, 1.82) is 0 Å². The lowest BCUT2D eigenvalue weighted by Gasteiger charge is -2.12. The Hall–Kier alpha value is -3.18. The number of hydrogen-bond donors (Lipinski definition) is 2. The molecule has 0 aliphatic heterocycles. The molecule has 0 fully saturated rings. The number of aromatic nitrogens is 2. The van der Waals surface area contributed by atoms with E-state index in [9.17, 15) is 13.2 Å². The van der Waals surface area contributed by atoms with E-state index in [-0.39, 0.29) is 23.0 Å². The Bertz CT molecular complexity index is 1280.